The zero-order chi connectivity index (χ0) is 15.0. The Balaban J connectivity index is 2.05. The highest BCUT2D eigenvalue weighted by Crippen LogP contribution is 2.29. The van der Waals surface area contributed by atoms with Crippen LogP contribution in [0, 0.1) is 0 Å². The molecule has 108 valence electrons. The van der Waals surface area contributed by atoms with E-state index in [1.165, 1.54) is 0 Å². The van der Waals surface area contributed by atoms with Gasteiger partial charge in [0.05, 0.1) is 10.2 Å². The molecule has 3 rings (SSSR count). The number of carbonyl (C=O) groups excluding carboxylic acids is 1. The number of anilines is 1. The van der Waals surface area contributed by atoms with Gasteiger partial charge >= 0.3 is 0 Å². The monoisotopic (exact) mass is 298 g/mol. The lowest BCUT2D eigenvalue weighted by molar-refractivity contribution is 0.0983. The van der Waals surface area contributed by atoms with Crippen molar-refractivity contribution in [1.82, 2.24) is 4.57 Å². The number of thiophene rings is 1. The molecule has 3 nitrogen and oxygen atoms in total. The summed E-state index contributed by atoms with van der Waals surface area (Å²) in [6, 6.07) is 14.1. The van der Waals surface area contributed by atoms with Crippen LogP contribution >= 0.6 is 11.3 Å². The molecule has 0 fully saturated rings. The maximum Gasteiger partial charge on any atom is 0.274 e. The maximum absolute atomic E-state index is 12.8. The second-order valence-corrected chi connectivity index (χ2v) is 6.31. The van der Waals surface area contributed by atoms with Crippen LogP contribution in [0.4, 0.5) is 5.69 Å². The Kier molecular flexibility index (Phi) is 3.55. The van der Waals surface area contributed by atoms with Gasteiger partial charge in [-0.1, -0.05) is 18.2 Å². The largest absolute Gasteiger partial charge is 0.333 e. The maximum atomic E-state index is 12.8. The first kappa shape index (κ1) is 13.9. The number of rotatable bonds is 3. The van der Waals surface area contributed by atoms with Gasteiger partial charge < -0.3 is 9.47 Å². The second-order valence-electron chi connectivity index (χ2n) is 5.36. The third-order valence-electron chi connectivity index (χ3n) is 3.64. The van der Waals surface area contributed by atoms with E-state index in [-0.39, 0.29) is 11.9 Å². The first-order valence-corrected chi connectivity index (χ1v) is 7.89. The molecule has 1 aromatic carbocycles. The molecule has 0 aliphatic heterocycles. The van der Waals surface area contributed by atoms with Crippen LogP contribution in [0.15, 0.2) is 47.8 Å². The van der Waals surface area contributed by atoms with Crippen LogP contribution < -0.4 is 4.90 Å². The van der Waals surface area contributed by atoms with E-state index < -0.39 is 0 Å². The number of amides is 1. The predicted molar refractivity (Wildman–Crippen MR) is 89.4 cm³/mol. The number of para-hydroxylation sites is 1. The van der Waals surface area contributed by atoms with Gasteiger partial charge in [-0.3, -0.25) is 4.79 Å². The van der Waals surface area contributed by atoms with Gasteiger partial charge in [-0.05, 0) is 43.5 Å². The van der Waals surface area contributed by atoms with Gasteiger partial charge in [0.1, 0.15) is 5.69 Å². The molecule has 0 radical (unpaired) electrons. The smallest absolute Gasteiger partial charge is 0.274 e. The van der Waals surface area contributed by atoms with Crippen LogP contribution in [0.3, 0.4) is 0 Å². The molecule has 0 N–H and O–H groups in total. The molecule has 0 aliphatic carbocycles. The van der Waals surface area contributed by atoms with Gasteiger partial charge in [0, 0.05) is 18.8 Å². The van der Waals surface area contributed by atoms with Crippen molar-refractivity contribution in [2.45, 2.75) is 19.9 Å². The molecule has 0 atom stereocenters. The summed E-state index contributed by atoms with van der Waals surface area (Å²) < 4.78 is 3.28. The van der Waals surface area contributed by atoms with E-state index in [1.807, 2.05) is 43.4 Å². The molecule has 4 heteroatoms. The summed E-state index contributed by atoms with van der Waals surface area (Å²) in [7, 11) is 1.82. The standard InChI is InChI=1S/C17H18N2OS/c1-12(2)19-14-9-10-21-16(14)11-15(19)17(20)18(3)13-7-5-4-6-8-13/h4-12H,1-3H3. The zero-order valence-corrected chi connectivity index (χ0v) is 13.2. The second kappa shape index (κ2) is 5.37. The van der Waals surface area contributed by atoms with Crippen molar-refractivity contribution in [2.24, 2.45) is 0 Å². The summed E-state index contributed by atoms with van der Waals surface area (Å²) in [5.41, 5.74) is 2.79. The Morgan fingerprint density at radius 2 is 1.90 bits per heavy atom. The van der Waals surface area contributed by atoms with Crippen molar-refractivity contribution in [3.05, 3.63) is 53.5 Å². The first-order chi connectivity index (χ1) is 10.1. The highest BCUT2D eigenvalue weighted by molar-refractivity contribution is 7.17. The number of hydrogen-bond acceptors (Lipinski definition) is 2. The Hall–Kier alpha value is -2.07. The molecule has 3 aromatic rings. The van der Waals surface area contributed by atoms with Crippen molar-refractivity contribution in [3.8, 4) is 0 Å². The summed E-state index contributed by atoms with van der Waals surface area (Å²) in [5, 5.41) is 2.07. The number of carbonyl (C=O) groups is 1. The Morgan fingerprint density at radius 3 is 2.57 bits per heavy atom. The SMILES string of the molecule is CC(C)n1c(C(=O)N(C)c2ccccc2)cc2sccc21. The molecule has 0 aliphatic rings. The third kappa shape index (κ3) is 2.36. The van der Waals surface area contributed by atoms with E-state index in [0.717, 1.165) is 21.6 Å². The van der Waals surface area contributed by atoms with Crippen LogP contribution in [-0.2, 0) is 0 Å². The van der Waals surface area contributed by atoms with Crippen molar-refractivity contribution in [3.63, 3.8) is 0 Å². The van der Waals surface area contributed by atoms with E-state index in [9.17, 15) is 4.79 Å². The van der Waals surface area contributed by atoms with Crippen LogP contribution in [0.25, 0.3) is 10.2 Å². The molecule has 0 bridgehead atoms. The summed E-state index contributed by atoms with van der Waals surface area (Å²) in [6.07, 6.45) is 0. The highest BCUT2D eigenvalue weighted by Gasteiger charge is 2.21. The van der Waals surface area contributed by atoms with Crippen molar-refractivity contribution >= 4 is 33.1 Å². The molecule has 0 saturated carbocycles. The van der Waals surface area contributed by atoms with Crippen molar-refractivity contribution < 1.29 is 4.79 Å². The predicted octanol–water partition coefficient (Wildman–Crippen LogP) is 4.56. The molecule has 2 heterocycles. The van der Waals surface area contributed by atoms with Crippen LogP contribution in [0.1, 0.15) is 30.4 Å². The molecule has 0 spiro atoms. The average Bonchev–Trinajstić information content (AvgIpc) is 3.06. The summed E-state index contributed by atoms with van der Waals surface area (Å²) in [5.74, 6) is 0.0262. The number of nitrogens with zero attached hydrogens (tertiary/aromatic N) is 2. The van der Waals surface area contributed by atoms with Crippen molar-refractivity contribution in [2.75, 3.05) is 11.9 Å². The fourth-order valence-electron chi connectivity index (χ4n) is 2.61. The highest BCUT2D eigenvalue weighted by atomic mass is 32.1. The minimum absolute atomic E-state index is 0.0262. The molecule has 2 aromatic heterocycles. The van der Waals surface area contributed by atoms with Crippen molar-refractivity contribution in [1.29, 1.82) is 0 Å². The number of benzene rings is 1. The summed E-state index contributed by atoms with van der Waals surface area (Å²) in [4.78, 5) is 14.6. The van der Waals surface area contributed by atoms with Crippen LogP contribution in [0.2, 0.25) is 0 Å². The molecular formula is C17H18N2OS. The summed E-state index contributed by atoms with van der Waals surface area (Å²) >= 11 is 1.67. The van der Waals surface area contributed by atoms with E-state index in [4.69, 9.17) is 0 Å². The lowest BCUT2D eigenvalue weighted by Crippen LogP contribution is -2.28. The summed E-state index contributed by atoms with van der Waals surface area (Å²) in [6.45, 7) is 4.22. The molecule has 0 saturated heterocycles. The van der Waals surface area contributed by atoms with Gasteiger partial charge in [-0.2, -0.15) is 0 Å². The lowest BCUT2D eigenvalue weighted by atomic mass is 10.2. The Morgan fingerprint density at radius 1 is 1.19 bits per heavy atom. The molecular weight excluding hydrogens is 280 g/mol. The topological polar surface area (TPSA) is 25.2 Å². The Bertz CT molecular complexity index is 771. The van der Waals surface area contributed by atoms with Gasteiger partial charge in [0.2, 0.25) is 0 Å². The fraction of sp³-hybridized carbons (Fsp3) is 0.235. The minimum Gasteiger partial charge on any atom is -0.333 e. The number of fused-ring (bicyclic) bond motifs is 1. The molecule has 1 amide bonds. The fourth-order valence-corrected chi connectivity index (χ4v) is 3.42. The van der Waals surface area contributed by atoms with Gasteiger partial charge in [-0.15, -0.1) is 11.3 Å². The lowest BCUT2D eigenvalue weighted by Gasteiger charge is -2.20. The quantitative estimate of drug-likeness (QED) is 0.696. The van der Waals surface area contributed by atoms with Gasteiger partial charge in [0.15, 0.2) is 0 Å². The van der Waals surface area contributed by atoms with Gasteiger partial charge in [-0.25, -0.2) is 0 Å². The third-order valence-corrected chi connectivity index (χ3v) is 4.50. The van der Waals surface area contributed by atoms with E-state index in [0.29, 0.717) is 0 Å². The van der Waals surface area contributed by atoms with E-state index >= 15 is 0 Å². The van der Waals surface area contributed by atoms with Crippen LogP contribution in [0.5, 0.6) is 0 Å². The zero-order valence-electron chi connectivity index (χ0n) is 12.4. The van der Waals surface area contributed by atoms with E-state index in [1.54, 1.807) is 16.2 Å². The number of aromatic nitrogens is 1. The molecule has 0 unspecified atom stereocenters. The van der Waals surface area contributed by atoms with Crippen LogP contribution in [-0.4, -0.2) is 17.5 Å². The Labute approximate surface area is 128 Å². The normalized spacial score (nSPS) is 11.2. The minimum atomic E-state index is 0.0262. The average molecular weight is 298 g/mol. The molecule has 21 heavy (non-hydrogen) atoms. The van der Waals surface area contributed by atoms with E-state index in [2.05, 4.69) is 29.9 Å². The van der Waals surface area contributed by atoms with Gasteiger partial charge in [0.25, 0.3) is 5.91 Å². The number of hydrogen-bond donors (Lipinski definition) is 0. The first-order valence-electron chi connectivity index (χ1n) is 7.01.